The number of aryl methyl sites for hydroxylation is 1. The highest BCUT2D eigenvalue weighted by molar-refractivity contribution is 6.36. The Morgan fingerprint density at radius 3 is 1.91 bits per heavy atom. The lowest BCUT2D eigenvalue weighted by atomic mass is 9.73. The average molecular weight is 595 g/mol. The summed E-state index contributed by atoms with van der Waals surface area (Å²) in [5.41, 5.74) is -0.443. The molecule has 0 fully saturated rings. The first-order valence-electron chi connectivity index (χ1n) is 14.8. The number of carbonyl (C=O) groups excluding carboxylic acids is 2. The number of allylic oxidation sites excluding steroid dienone is 5. The van der Waals surface area contributed by atoms with Crippen LogP contribution in [0.1, 0.15) is 111 Å². The summed E-state index contributed by atoms with van der Waals surface area (Å²) in [5.74, 6) is -3.16. The summed E-state index contributed by atoms with van der Waals surface area (Å²) in [7, 11) is 0. The molecule has 0 unspecified atom stereocenters. The Hall–Kier alpha value is -3.46. The number of carbonyl (C=O) groups is 2. The lowest BCUT2D eigenvalue weighted by Gasteiger charge is -2.32. The van der Waals surface area contributed by atoms with E-state index in [1.165, 1.54) is 24.1 Å². The minimum absolute atomic E-state index is 0.0455. The highest BCUT2D eigenvalue weighted by atomic mass is 16.3. The number of hydrogen-bond donors (Lipinski definition) is 6. The van der Waals surface area contributed by atoms with Crippen LogP contribution >= 0.6 is 0 Å². The molecule has 0 aromatic heterocycles. The van der Waals surface area contributed by atoms with E-state index >= 15 is 0 Å². The van der Waals surface area contributed by atoms with E-state index in [1.54, 1.807) is 26.8 Å². The Labute approximate surface area is 253 Å². The number of aliphatic hydroxyl groups excluding tert-OH is 1. The predicted octanol–water partition coefficient (Wildman–Crippen LogP) is 6.38. The number of phenolic OH excluding ortho intramolecular Hbond substituents is 3. The standard InChI is InChI=1S/C35H46O8/c1-19(10-8-12-20(2)14-15-25(37)34(6,7)42)11-9-13-21(3)16-17-35(43)32(40)27-24(36)18-22(4)26-28(27)29(33(35)41)31(39)23(5)30(26)38/h11-12,16,18,25,36-39,42-43H,8-10,13-15,17H2,1-7H3/b19-11+,20-12+,21-16+/t25-,35+/m0/s1. The quantitative estimate of drug-likeness (QED) is 0.122. The van der Waals surface area contributed by atoms with Crippen molar-refractivity contribution in [3.05, 3.63) is 63.3 Å². The summed E-state index contributed by atoms with van der Waals surface area (Å²) in [6.45, 7) is 12.2. The summed E-state index contributed by atoms with van der Waals surface area (Å²) in [5, 5.41) is 63.5. The molecule has 6 N–H and O–H groups in total. The molecule has 0 radical (unpaired) electrons. The van der Waals surface area contributed by atoms with E-state index in [0.29, 0.717) is 18.4 Å². The third kappa shape index (κ3) is 7.03. The van der Waals surface area contributed by atoms with Gasteiger partial charge in [0.25, 0.3) is 0 Å². The van der Waals surface area contributed by atoms with Crippen LogP contribution in [0.25, 0.3) is 10.8 Å². The largest absolute Gasteiger partial charge is 0.507 e. The molecule has 8 nitrogen and oxygen atoms in total. The van der Waals surface area contributed by atoms with Crippen LogP contribution in [-0.4, -0.2) is 59.5 Å². The van der Waals surface area contributed by atoms with Gasteiger partial charge in [-0.2, -0.15) is 0 Å². The van der Waals surface area contributed by atoms with E-state index in [2.05, 4.69) is 19.1 Å². The van der Waals surface area contributed by atoms with E-state index in [4.69, 9.17) is 0 Å². The van der Waals surface area contributed by atoms with Gasteiger partial charge in [0.2, 0.25) is 11.6 Å². The Morgan fingerprint density at radius 1 is 0.837 bits per heavy atom. The van der Waals surface area contributed by atoms with E-state index < -0.39 is 40.4 Å². The number of rotatable bonds is 12. The summed E-state index contributed by atoms with van der Waals surface area (Å²) in [6, 6.07) is 1.31. The topological polar surface area (TPSA) is 156 Å². The molecule has 2 aromatic carbocycles. The first kappa shape index (κ1) is 34.0. The molecule has 0 amide bonds. The van der Waals surface area contributed by atoms with Crippen LogP contribution in [0.2, 0.25) is 0 Å². The van der Waals surface area contributed by atoms with Crippen molar-refractivity contribution in [1.29, 1.82) is 0 Å². The fourth-order valence-corrected chi connectivity index (χ4v) is 5.55. The van der Waals surface area contributed by atoms with E-state index in [9.17, 15) is 40.2 Å². The van der Waals surface area contributed by atoms with Gasteiger partial charge in [0.05, 0.1) is 22.8 Å². The molecule has 0 spiro atoms. The zero-order valence-corrected chi connectivity index (χ0v) is 26.3. The molecule has 0 saturated heterocycles. The molecule has 2 atom stereocenters. The number of phenols is 3. The van der Waals surface area contributed by atoms with Gasteiger partial charge in [-0.25, -0.2) is 0 Å². The van der Waals surface area contributed by atoms with E-state index in [1.807, 2.05) is 13.8 Å². The van der Waals surface area contributed by atoms with Gasteiger partial charge in [0.15, 0.2) is 5.60 Å². The third-order valence-electron chi connectivity index (χ3n) is 8.58. The summed E-state index contributed by atoms with van der Waals surface area (Å²) < 4.78 is 0. The Morgan fingerprint density at radius 2 is 1.35 bits per heavy atom. The van der Waals surface area contributed by atoms with E-state index in [0.717, 1.165) is 31.3 Å². The molecular weight excluding hydrogens is 548 g/mol. The maximum atomic E-state index is 13.6. The normalized spacial score (nSPS) is 19.0. The first-order chi connectivity index (χ1) is 19.9. The van der Waals surface area contributed by atoms with Gasteiger partial charge in [-0.1, -0.05) is 34.9 Å². The molecule has 1 aliphatic carbocycles. The summed E-state index contributed by atoms with van der Waals surface area (Å²) in [4.78, 5) is 27.1. The number of benzene rings is 2. The zero-order chi connectivity index (χ0) is 32.4. The van der Waals surface area contributed by atoms with Crippen molar-refractivity contribution in [3.63, 3.8) is 0 Å². The minimum atomic E-state index is -2.51. The van der Waals surface area contributed by atoms with Gasteiger partial charge >= 0.3 is 0 Å². The first-order valence-corrected chi connectivity index (χ1v) is 14.8. The van der Waals surface area contributed by atoms with Crippen LogP contribution in [-0.2, 0) is 0 Å². The molecule has 8 heteroatoms. The second-order valence-electron chi connectivity index (χ2n) is 12.7. The van der Waals surface area contributed by atoms with Crippen molar-refractivity contribution < 1.29 is 40.2 Å². The van der Waals surface area contributed by atoms with Crippen molar-refractivity contribution in [2.45, 2.75) is 111 Å². The molecule has 2 aromatic rings. The molecule has 0 bridgehead atoms. The van der Waals surface area contributed by atoms with Gasteiger partial charge in [-0.15, -0.1) is 0 Å². The van der Waals surface area contributed by atoms with Gasteiger partial charge in [-0.05, 0) is 98.6 Å². The van der Waals surface area contributed by atoms with E-state index in [-0.39, 0.29) is 39.6 Å². The van der Waals surface area contributed by atoms with Crippen molar-refractivity contribution in [1.82, 2.24) is 0 Å². The Bertz CT molecular complexity index is 1520. The van der Waals surface area contributed by atoms with Crippen LogP contribution in [0.3, 0.4) is 0 Å². The van der Waals surface area contributed by atoms with Gasteiger partial charge in [0.1, 0.15) is 17.2 Å². The Kier molecular flexibility index (Phi) is 10.3. The summed E-state index contributed by atoms with van der Waals surface area (Å²) in [6.07, 6.45) is 9.19. The Balaban J connectivity index is 1.67. The van der Waals surface area contributed by atoms with Crippen molar-refractivity contribution >= 4 is 22.3 Å². The maximum absolute atomic E-state index is 13.6. The van der Waals surface area contributed by atoms with Gasteiger partial charge in [-0.3, -0.25) is 9.59 Å². The molecule has 3 rings (SSSR count). The molecule has 1 aliphatic rings. The second kappa shape index (κ2) is 13.0. The average Bonchev–Trinajstić information content (AvgIpc) is 2.91. The molecule has 234 valence electrons. The van der Waals surface area contributed by atoms with Crippen LogP contribution in [0.5, 0.6) is 17.2 Å². The van der Waals surface area contributed by atoms with Crippen LogP contribution < -0.4 is 0 Å². The molecule has 0 heterocycles. The van der Waals surface area contributed by atoms with Crippen molar-refractivity contribution in [2.24, 2.45) is 0 Å². The second-order valence-corrected chi connectivity index (χ2v) is 12.7. The number of aromatic hydroxyl groups is 3. The lowest BCUT2D eigenvalue weighted by Crippen LogP contribution is -2.49. The fourth-order valence-electron chi connectivity index (χ4n) is 5.55. The third-order valence-corrected chi connectivity index (χ3v) is 8.58. The van der Waals surface area contributed by atoms with Gasteiger partial charge in [0, 0.05) is 22.8 Å². The molecule has 43 heavy (non-hydrogen) atoms. The van der Waals surface area contributed by atoms with Gasteiger partial charge < -0.3 is 30.6 Å². The monoisotopic (exact) mass is 594 g/mol. The summed E-state index contributed by atoms with van der Waals surface area (Å²) >= 11 is 0. The van der Waals surface area contributed by atoms with Crippen LogP contribution in [0.15, 0.2) is 41.0 Å². The van der Waals surface area contributed by atoms with Crippen molar-refractivity contribution in [3.8, 4) is 17.2 Å². The number of ketones is 2. The van der Waals surface area contributed by atoms with Crippen LogP contribution in [0, 0.1) is 13.8 Å². The number of Topliss-reactive ketones (excluding diaryl/α,β-unsaturated/α-hetero) is 2. The predicted molar refractivity (Wildman–Crippen MR) is 168 cm³/mol. The molecular formula is C35H46O8. The number of hydrogen-bond acceptors (Lipinski definition) is 8. The molecule has 0 aliphatic heterocycles. The number of aliphatic hydroxyl groups is 3. The minimum Gasteiger partial charge on any atom is -0.507 e. The highest BCUT2D eigenvalue weighted by Crippen LogP contribution is 2.49. The van der Waals surface area contributed by atoms with Crippen molar-refractivity contribution in [2.75, 3.05) is 0 Å². The molecule has 0 saturated carbocycles. The fraction of sp³-hybridized carbons (Fsp3) is 0.486. The smallest absolute Gasteiger partial charge is 0.207 e. The lowest BCUT2D eigenvalue weighted by molar-refractivity contribution is -0.0509. The zero-order valence-electron chi connectivity index (χ0n) is 26.3. The maximum Gasteiger partial charge on any atom is 0.207 e. The highest BCUT2D eigenvalue weighted by Gasteiger charge is 2.51. The SMILES string of the molecule is C/C(=C\CC/C(C)=C/C[C@@]1(O)C(=O)c2c(O)cc(C)c3c(O)c(C)c(O)c(c23)C1=O)CC/C=C(\C)CC[C@H](O)C(C)(C)O. The van der Waals surface area contributed by atoms with Crippen LogP contribution in [0.4, 0.5) is 0 Å².